The Kier molecular flexibility index (Phi) is 41.1. The number of furan rings is 2. The molecular formula is C89H108ClN5O7S5. The largest absolute Gasteiger partial charge is 0.464 e. The monoisotopic (exact) mass is 1550 g/mol. The molecule has 1 aliphatic heterocycles. The van der Waals surface area contributed by atoms with E-state index >= 15 is 0 Å². The van der Waals surface area contributed by atoms with Crippen molar-refractivity contribution in [1.29, 1.82) is 0 Å². The van der Waals surface area contributed by atoms with Gasteiger partial charge >= 0.3 is 0 Å². The second-order valence-corrected chi connectivity index (χ2v) is 32.0. The number of aryl methyl sites for hydroxylation is 17. The molecular weight excluding hydrogens is 1450 g/mol. The van der Waals surface area contributed by atoms with Crippen LogP contribution < -0.4 is 0 Å². The smallest absolute Gasteiger partial charge is 0.169 e. The summed E-state index contributed by atoms with van der Waals surface area (Å²) in [5, 5.41) is 24.4. The first kappa shape index (κ1) is 89.0. The fourth-order valence-corrected chi connectivity index (χ4v) is 13.5. The van der Waals surface area contributed by atoms with Crippen molar-refractivity contribution in [1.82, 2.24) is 25.0 Å². The third kappa shape index (κ3) is 35.8. The molecule has 10 aromatic heterocycles. The summed E-state index contributed by atoms with van der Waals surface area (Å²) in [4.78, 5) is 20.5. The second kappa shape index (κ2) is 49.4. The SMILES string of the molecule is CC(=O)c1ccc(C)s1.CCn1nc(C)cc1C.Cc1cc2ccccc2o1.Cc1ccc(C)s1.Cc1ccc(COCCN2CCOCC2)o1.Cc1ccc(Cl)s1.Cc1ccc2ccccc2c1.Cc1cccc2ccccc12.Cc1cccs1.Cc1ccsc1.Cc1conc1C.Cc1noc(C)c1C. The molecule has 12 nitrogen and oxygen atoms in total. The Bertz CT molecular complexity index is 4680. The highest BCUT2D eigenvalue weighted by Gasteiger charge is 2.10. The van der Waals surface area contributed by atoms with Gasteiger partial charge < -0.3 is 27.4 Å². The lowest BCUT2D eigenvalue weighted by molar-refractivity contribution is 0.0160. The zero-order valence-corrected chi connectivity index (χ0v) is 70.7. The summed E-state index contributed by atoms with van der Waals surface area (Å²) in [6.45, 7) is 45.1. The predicted molar refractivity (Wildman–Crippen MR) is 458 cm³/mol. The van der Waals surface area contributed by atoms with Crippen molar-refractivity contribution in [2.45, 2.75) is 145 Å². The van der Waals surface area contributed by atoms with Gasteiger partial charge in [-0.3, -0.25) is 14.4 Å². The molecule has 1 aliphatic rings. The molecule has 18 heteroatoms. The Labute approximate surface area is 660 Å². The summed E-state index contributed by atoms with van der Waals surface area (Å²) < 4.78 is 33.9. The van der Waals surface area contributed by atoms with Crippen molar-refractivity contribution >= 4 is 107 Å². The van der Waals surface area contributed by atoms with Crippen LogP contribution in [0.15, 0.2) is 228 Å². The molecule has 1 saturated heterocycles. The highest BCUT2D eigenvalue weighted by molar-refractivity contribution is 7.16. The normalized spacial score (nSPS) is 11.0. The van der Waals surface area contributed by atoms with Crippen LogP contribution in [-0.2, 0) is 22.6 Å². The maximum atomic E-state index is 10.7. The number of morpholine rings is 1. The third-order valence-electron chi connectivity index (χ3n) is 15.9. The number of carbonyl (C=O) groups is 1. The van der Waals surface area contributed by atoms with E-state index < -0.39 is 0 Å². The molecule has 0 bridgehead atoms. The number of hydrogen-bond donors (Lipinski definition) is 0. The van der Waals surface area contributed by atoms with Crippen molar-refractivity contribution in [3.63, 3.8) is 0 Å². The van der Waals surface area contributed by atoms with Gasteiger partial charge in [0, 0.05) is 72.8 Å². The van der Waals surface area contributed by atoms with E-state index in [9.17, 15) is 4.79 Å². The minimum absolute atomic E-state index is 0.160. The van der Waals surface area contributed by atoms with E-state index in [1.165, 1.54) is 73.7 Å². The Balaban J connectivity index is 0.000000212. The molecule has 0 unspecified atom stereocenters. The molecule has 0 saturated carbocycles. The molecule has 11 heterocycles. The molecule has 16 rings (SSSR count). The van der Waals surface area contributed by atoms with Crippen molar-refractivity contribution < 1.29 is 32.1 Å². The lowest BCUT2D eigenvalue weighted by Crippen LogP contribution is -2.38. The highest BCUT2D eigenvalue weighted by atomic mass is 35.5. The van der Waals surface area contributed by atoms with E-state index in [4.69, 9.17) is 34.4 Å². The minimum Gasteiger partial charge on any atom is -0.464 e. The Morgan fingerprint density at radius 3 is 1.61 bits per heavy atom. The standard InChI is InChI=1S/C12H19NO3.2C11H10.C9H8O.C7H12N2.C7H8OS.C6H9NO.C6H8S.C5H5ClS.C5H7NO.2C5H6S/c1-11-2-3-12(16-11)10-15-9-6-13-4-7-14-8-5-13;1-9-5-4-7-10-6-2-3-8-11(9)10;1-9-6-7-10-4-2-3-5-11(10)8-9;1-7-6-8-4-2-3-5-9(8)10-7;1-4-9-7(3)5-6(2)8-9;1-5-3-4-7(9-5)6(2)8;1-4-5(2)7-8-6(4)3;1-5-3-4-6(2)7-5;1-4-2-3-5(6)7-4;1-4-3-7-6-5(4)2;1-5-2-3-6-4-5;1-5-3-2-4-6-5/h2-3H,4-10H2,1H3;2*2-8H,1H3;2-6H,1H3;5H,4H2,1-3H3;3-4H,1-2H3;1-3H3;3-4H,1-2H3;2-3H,1H3;3H,1-2H3;2*2-4H,1H3. The number of para-hydroxylation sites is 1. The number of ether oxygens (including phenoxy) is 2. The van der Waals surface area contributed by atoms with Gasteiger partial charge in [0.05, 0.1) is 46.1 Å². The van der Waals surface area contributed by atoms with Gasteiger partial charge in [-0.1, -0.05) is 137 Å². The zero-order valence-electron chi connectivity index (χ0n) is 65.9. The number of hydrogen-bond acceptors (Lipinski definition) is 16. The van der Waals surface area contributed by atoms with Gasteiger partial charge in [0.15, 0.2) is 5.78 Å². The van der Waals surface area contributed by atoms with Gasteiger partial charge in [0.25, 0.3) is 0 Å². The van der Waals surface area contributed by atoms with Crippen LogP contribution in [0.3, 0.4) is 0 Å². The van der Waals surface area contributed by atoms with E-state index in [0.717, 1.165) is 112 Å². The molecule has 15 aromatic rings. The Hall–Kier alpha value is -8.59. The first-order chi connectivity index (χ1) is 51.3. The molecule has 0 N–H and O–H groups in total. The van der Waals surface area contributed by atoms with E-state index in [1.807, 2.05) is 152 Å². The van der Waals surface area contributed by atoms with Gasteiger partial charge in [0.1, 0.15) is 41.5 Å². The summed E-state index contributed by atoms with van der Waals surface area (Å²) >= 11 is 14.1. The van der Waals surface area contributed by atoms with Crippen molar-refractivity contribution in [2.24, 2.45) is 0 Å². The van der Waals surface area contributed by atoms with Crippen LogP contribution in [0.1, 0.15) is 122 Å². The average Bonchev–Trinajstić information content (AvgIpc) is 1.66. The number of benzene rings is 5. The van der Waals surface area contributed by atoms with E-state index in [-0.39, 0.29) is 5.78 Å². The second-order valence-electron chi connectivity index (χ2n) is 25.3. The summed E-state index contributed by atoms with van der Waals surface area (Å²) in [6, 6.07) is 64.1. The molecule has 107 heavy (non-hydrogen) atoms. The Morgan fingerprint density at radius 2 is 1.19 bits per heavy atom. The van der Waals surface area contributed by atoms with Crippen LogP contribution in [-0.4, -0.2) is 70.2 Å². The summed E-state index contributed by atoms with van der Waals surface area (Å²) in [6.07, 6.45) is 1.63. The third-order valence-corrected chi connectivity index (χ3v) is 20.7. The number of thiophene rings is 5. The number of rotatable bonds is 7. The number of ketones is 1. The quantitative estimate of drug-likeness (QED) is 0.111. The Morgan fingerprint density at radius 1 is 0.542 bits per heavy atom. The number of halogens is 1. The van der Waals surface area contributed by atoms with Crippen LogP contribution >= 0.6 is 68.3 Å². The van der Waals surface area contributed by atoms with Crippen molar-refractivity contribution in [2.75, 3.05) is 39.5 Å². The molecule has 568 valence electrons. The van der Waals surface area contributed by atoms with Crippen LogP contribution in [0.4, 0.5) is 0 Å². The van der Waals surface area contributed by atoms with Crippen LogP contribution in [0, 0.1) is 118 Å². The first-order valence-electron chi connectivity index (χ1n) is 35.6. The fourth-order valence-electron chi connectivity index (χ4n) is 9.71. The molecule has 0 aliphatic carbocycles. The summed E-state index contributed by atoms with van der Waals surface area (Å²) in [5.74, 6) is 3.89. The van der Waals surface area contributed by atoms with Gasteiger partial charge in [0.2, 0.25) is 0 Å². The van der Waals surface area contributed by atoms with E-state index in [0.29, 0.717) is 6.61 Å². The number of nitrogens with zero attached hydrogens (tertiary/aromatic N) is 5. The average molecular weight is 1560 g/mol. The number of Topliss-reactive ketones (excluding diaryl/α,β-unsaturated/α-hetero) is 1. The van der Waals surface area contributed by atoms with Gasteiger partial charge in [-0.05, 0) is 259 Å². The highest BCUT2D eigenvalue weighted by Crippen LogP contribution is 2.22. The molecule has 0 spiro atoms. The first-order valence-corrected chi connectivity index (χ1v) is 40.3. The van der Waals surface area contributed by atoms with Gasteiger partial charge in [-0.2, -0.15) is 16.4 Å². The molecule has 5 aromatic carbocycles. The lowest BCUT2D eigenvalue weighted by atomic mass is 10.1. The lowest BCUT2D eigenvalue weighted by Gasteiger charge is -2.26. The fraction of sp³-hybridized carbons (Fsp3) is 0.303. The van der Waals surface area contributed by atoms with Gasteiger partial charge in [-0.25, -0.2) is 0 Å². The van der Waals surface area contributed by atoms with Crippen LogP contribution in [0.25, 0.3) is 32.5 Å². The predicted octanol–water partition coefficient (Wildman–Crippen LogP) is 26.3. The maximum absolute atomic E-state index is 10.7. The van der Waals surface area contributed by atoms with Crippen molar-refractivity contribution in [3.8, 4) is 0 Å². The van der Waals surface area contributed by atoms with Crippen LogP contribution in [0.2, 0.25) is 4.34 Å². The number of fused-ring (bicyclic) bond motifs is 3. The number of aromatic nitrogens is 4. The molecule has 0 atom stereocenters. The summed E-state index contributed by atoms with van der Waals surface area (Å²) in [5.41, 5.74) is 11.6. The molecule has 0 amide bonds. The zero-order chi connectivity index (χ0) is 78.0. The minimum atomic E-state index is 0.160. The topological polar surface area (TPSA) is 135 Å². The van der Waals surface area contributed by atoms with E-state index in [1.54, 1.807) is 58.5 Å². The van der Waals surface area contributed by atoms with Crippen LogP contribution in [0.5, 0.6) is 0 Å². The number of carbonyl (C=O) groups excluding carboxylic acids is 1. The maximum Gasteiger partial charge on any atom is 0.169 e. The van der Waals surface area contributed by atoms with Gasteiger partial charge in [-0.15, -0.1) is 45.3 Å². The van der Waals surface area contributed by atoms with Crippen molar-refractivity contribution in [3.05, 3.63) is 318 Å². The molecule has 1 fully saturated rings. The van der Waals surface area contributed by atoms with E-state index in [2.05, 4.69) is 218 Å². The molecule has 0 radical (unpaired) electrons. The summed E-state index contributed by atoms with van der Waals surface area (Å²) in [7, 11) is 0.